The van der Waals surface area contributed by atoms with E-state index in [1.165, 1.54) is 23.9 Å². The van der Waals surface area contributed by atoms with E-state index < -0.39 is 18.7 Å². The molecule has 0 aromatic heterocycles. The van der Waals surface area contributed by atoms with E-state index in [0.717, 1.165) is 5.75 Å². The Kier molecular flexibility index (Phi) is 6.20. The summed E-state index contributed by atoms with van der Waals surface area (Å²) in [6.07, 6.45) is -0.379. The highest BCUT2D eigenvalue weighted by molar-refractivity contribution is 8.13. The fraction of sp³-hybridized carbons (Fsp3) is 0.467. The first-order chi connectivity index (χ1) is 11.0. The summed E-state index contributed by atoms with van der Waals surface area (Å²) in [7, 11) is 0. The first kappa shape index (κ1) is 17.5. The number of halogens is 2. The van der Waals surface area contributed by atoms with Crippen molar-refractivity contribution in [2.45, 2.75) is 26.1 Å². The maximum atomic E-state index is 12.1. The van der Waals surface area contributed by atoms with Gasteiger partial charge >= 0.3 is 12.6 Å². The van der Waals surface area contributed by atoms with Crippen LogP contribution in [0.15, 0.2) is 24.3 Å². The number of hydrogen-bond acceptors (Lipinski definition) is 5. The minimum absolute atomic E-state index is 0.0135. The van der Waals surface area contributed by atoms with Gasteiger partial charge in [0.2, 0.25) is 0 Å². The third kappa shape index (κ3) is 5.38. The van der Waals surface area contributed by atoms with Crippen LogP contribution >= 0.6 is 11.8 Å². The number of ether oxygens (including phenoxy) is 2. The molecule has 1 aromatic carbocycles. The summed E-state index contributed by atoms with van der Waals surface area (Å²) in [5.41, 5.74) is 0.674. The topological polar surface area (TPSA) is 55.8 Å². The summed E-state index contributed by atoms with van der Waals surface area (Å²) >= 11 is 1.24. The van der Waals surface area contributed by atoms with E-state index in [4.69, 9.17) is 4.74 Å². The van der Waals surface area contributed by atoms with Crippen molar-refractivity contribution < 1.29 is 27.8 Å². The average Bonchev–Trinajstić information content (AvgIpc) is 2.90. The van der Waals surface area contributed by atoms with Crippen LogP contribution in [0.5, 0.6) is 5.75 Å². The van der Waals surface area contributed by atoms with Crippen molar-refractivity contribution in [3.05, 3.63) is 29.8 Å². The highest BCUT2D eigenvalue weighted by Crippen LogP contribution is 2.22. The van der Waals surface area contributed by atoms with Gasteiger partial charge in [0.15, 0.2) is 0 Å². The zero-order chi connectivity index (χ0) is 16.8. The molecule has 0 spiro atoms. The van der Waals surface area contributed by atoms with E-state index in [9.17, 15) is 18.4 Å². The molecule has 0 aliphatic carbocycles. The monoisotopic (exact) mass is 345 g/mol. The summed E-state index contributed by atoms with van der Waals surface area (Å²) in [4.78, 5) is 24.8. The first-order valence-electron chi connectivity index (χ1n) is 7.11. The van der Waals surface area contributed by atoms with Gasteiger partial charge in [-0.25, -0.2) is 0 Å². The lowest BCUT2D eigenvalue weighted by Gasteiger charge is -2.17. The van der Waals surface area contributed by atoms with Crippen LogP contribution in [0.2, 0.25) is 0 Å². The van der Waals surface area contributed by atoms with Crippen LogP contribution in [-0.4, -0.2) is 41.6 Å². The van der Waals surface area contributed by atoms with Gasteiger partial charge in [-0.2, -0.15) is 8.78 Å². The molecule has 0 N–H and O–H groups in total. The van der Waals surface area contributed by atoms with E-state index in [0.29, 0.717) is 18.7 Å². The van der Waals surface area contributed by atoms with Gasteiger partial charge in [-0.3, -0.25) is 9.59 Å². The molecule has 1 aliphatic rings. The number of hydrogen-bond donors (Lipinski definition) is 0. The number of thioether (sulfide) groups is 1. The van der Waals surface area contributed by atoms with E-state index in [-0.39, 0.29) is 17.4 Å². The summed E-state index contributed by atoms with van der Waals surface area (Å²) in [6, 6.07) is 5.92. The van der Waals surface area contributed by atoms with Gasteiger partial charge in [-0.1, -0.05) is 23.9 Å². The number of rotatable bonds is 7. The van der Waals surface area contributed by atoms with Crippen molar-refractivity contribution >= 4 is 23.0 Å². The van der Waals surface area contributed by atoms with Gasteiger partial charge in [0.1, 0.15) is 11.9 Å². The van der Waals surface area contributed by atoms with Crippen LogP contribution < -0.4 is 4.74 Å². The molecule has 0 saturated carbocycles. The number of nitrogens with zero attached hydrogens (tertiary/aromatic N) is 1. The largest absolute Gasteiger partial charge is 0.458 e. The zero-order valence-corrected chi connectivity index (χ0v) is 13.4. The summed E-state index contributed by atoms with van der Waals surface area (Å²) in [5.74, 6) is 0.388. The van der Waals surface area contributed by atoms with E-state index in [2.05, 4.69) is 4.74 Å². The number of amides is 1. The molecular weight excluding hydrogens is 328 g/mol. The molecule has 1 fully saturated rings. The maximum Gasteiger partial charge on any atom is 0.387 e. The molecule has 5 nitrogen and oxygen atoms in total. The fourth-order valence-electron chi connectivity index (χ4n) is 2.10. The smallest absolute Gasteiger partial charge is 0.387 e. The molecule has 23 heavy (non-hydrogen) atoms. The Hall–Kier alpha value is -1.83. The average molecular weight is 345 g/mol. The van der Waals surface area contributed by atoms with Crippen molar-refractivity contribution in [3.63, 3.8) is 0 Å². The van der Waals surface area contributed by atoms with Crippen molar-refractivity contribution in [1.82, 2.24) is 4.90 Å². The van der Waals surface area contributed by atoms with Crippen molar-refractivity contribution in [1.29, 1.82) is 0 Å². The van der Waals surface area contributed by atoms with Gasteiger partial charge in [-0.15, -0.1) is 0 Å². The first-order valence-corrected chi connectivity index (χ1v) is 8.10. The fourth-order valence-corrected chi connectivity index (χ4v) is 2.95. The SMILES string of the molecule is CC(OC(=O)CCN1CCSC1=O)c1ccc(OC(F)F)cc1. The minimum atomic E-state index is -2.87. The van der Waals surface area contributed by atoms with Crippen LogP contribution in [0.1, 0.15) is 25.0 Å². The van der Waals surface area contributed by atoms with Gasteiger partial charge in [0, 0.05) is 18.8 Å². The maximum absolute atomic E-state index is 12.1. The van der Waals surface area contributed by atoms with Crippen LogP contribution in [0.3, 0.4) is 0 Å². The van der Waals surface area contributed by atoms with E-state index in [1.54, 1.807) is 24.0 Å². The predicted octanol–water partition coefficient (Wildman–Crippen LogP) is 3.45. The second-order valence-electron chi connectivity index (χ2n) is 4.93. The second-order valence-corrected chi connectivity index (χ2v) is 5.98. The molecule has 1 aliphatic heterocycles. The van der Waals surface area contributed by atoms with Crippen LogP contribution in [0.4, 0.5) is 13.6 Å². The molecule has 2 rings (SSSR count). The molecule has 8 heteroatoms. The lowest BCUT2D eigenvalue weighted by Crippen LogP contribution is -2.26. The number of alkyl halides is 2. The molecule has 1 heterocycles. The van der Waals surface area contributed by atoms with Crippen molar-refractivity contribution in [2.75, 3.05) is 18.8 Å². The van der Waals surface area contributed by atoms with Gasteiger partial charge in [0.25, 0.3) is 5.24 Å². The molecule has 1 unspecified atom stereocenters. The van der Waals surface area contributed by atoms with E-state index in [1.807, 2.05) is 0 Å². The second kappa shape index (κ2) is 8.14. The Morgan fingerprint density at radius 1 is 1.35 bits per heavy atom. The Morgan fingerprint density at radius 2 is 2.04 bits per heavy atom. The van der Waals surface area contributed by atoms with Crippen molar-refractivity contribution in [2.24, 2.45) is 0 Å². The van der Waals surface area contributed by atoms with Crippen LogP contribution in [-0.2, 0) is 9.53 Å². The van der Waals surface area contributed by atoms with Crippen LogP contribution in [0, 0.1) is 0 Å². The molecule has 1 aromatic rings. The minimum Gasteiger partial charge on any atom is -0.458 e. The number of benzene rings is 1. The number of carbonyl (C=O) groups excluding carboxylic acids is 2. The van der Waals surface area contributed by atoms with Gasteiger partial charge in [-0.05, 0) is 24.6 Å². The molecule has 1 atom stereocenters. The Morgan fingerprint density at radius 3 is 2.61 bits per heavy atom. The molecule has 0 radical (unpaired) electrons. The van der Waals surface area contributed by atoms with Crippen molar-refractivity contribution in [3.8, 4) is 5.75 Å². The third-order valence-electron chi connectivity index (χ3n) is 3.31. The molecular formula is C15H17F2NO4S. The lowest BCUT2D eigenvalue weighted by molar-refractivity contribution is -0.148. The normalized spacial score (nSPS) is 15.8. The highest BCUT2D eigenvalue weighted by atomic mass is 32.2. The number of carbonyl (C=O) groups is 2. The van der Waals surface area contributed by atoms with Crippen LogP contribution in [0.25, 0.3) is 0 Å². The highest BCUT2D eigenvalue weighted by Gasteiger charge is 2.22. The third-order valence-corrected chi connectivity index (χ3v) is 4.21. The lowest BCUT2D eigenvalue weighted by atomic mass is 10.1. The number of esters is 1. The van der Waals surface area contributed by atoms with Gasteiger partial charge < -0.3 is 14.4 Å². The Bertz CT molecular complexity index is 553. The molecule has 1 saturated heterocycles. The molecule has 0 bridgehead atoms. The van der Waals surface area contributed by atoms with E-state index >= 15 is 0 Å². The zero-order valence-electron chi connectivity index (χ0n) is 12.5. The predicted molar refractivity (Wildman–Crippen MR) is 81.6 cm³/mol. The summed E-state index contributed by atoms with van der Waals surface area (Å²) < 4.78 is 33.7. The Labute approximate surface area is 136 Å². The van der Waals surface area contributed by atoms with Gasteiger partial charge in [0.05, 0.1) is 6.42 Å². The Balaban J connectivity index is 1.79. The molecule has 126 valence electrons. The summed E-state index contributed by atoms with van der Waals surface area (Å²) in [6.45, 7) is -0.184. The quantitative estimate of drug-likeness (QED) is 0.709. The standard InChI is InChI=1S/C15H17F2NO4S/c1-10(11-2-4-12(5-3-11)22-14(16)17)21-13(19)6-7-18-8-9-23-15(18)20/h2-5,10,14H,6-9H2,1H3. The summed E-state index contributed by atoms with van der Waals surface area (Å²) in [5, 5.41) is -0.0135. The molecule has 1 amide bonds.